The fourth-order valence-corrected chi connectivity index (χ4v) is 1.87. The van der Waals surface area contributed by atoms with Crippen LogP contribution in [0.2, 0.25) is 0 Å². The molecule has 0 unspecified atom stereocenters. The topological polar surface area (TPSA) is 24.1 Å². The molecule has 106 valence electrons. The van der Waals surface area contributed by atoms with E-state index in [2.05, 4.69) is 10.6 Å². The van der Waals surface area contributed by atoms with Gasteiger partial charge in [0.25, 0.3) is 0 Å². The van der Waals surface area contributed by atoms with Crippen molar-refractivity contribution in [2.24, 2.45) is 0 Å². The molecule has 0 radical (unpaired) electrons. The summed E-state index contributed by atoms with van der Waals surface area (Å²) in [4.78, 5) is 0. The van der Waals surface area contributed by atoms with Crippen molar-refractivity contribution in [3.63, 3.8) is 0 Å². The molecule has 2 N–H and O–H groups in total. The van der Waals surface area contributed by atoms with E-state index in [9.17, 15) is 13.2 Å². The molecule has 1 aromatic carbocycles. The number of halogens is 3. The summed E-state index contributed by atoms with van der Waals surface area (Å²) in [5.41, 5.74) is 0.341. The summed E-state index contributed by atoms with van der Waals surface area (Å²) in [5, 5.41) is 6.67. The van der Waals surface area contributed by atoms with Gasteiger partial charge in [-0.1, -0.05) is 12.1 Å². The minimum absolute atomic E-state index is 0.585. The molecule has 1 aliphatic carbocycles. The standard InChI is InChI=1S/C14H19F3N2/c15-14(16,17)12-3-1-11(2-4-12)7-8-18-9-10-19-13-5-6-13/h1-4,13,18-19H,5-10H2. The molecule has 1 saturated carbocycles. The molecule has 0 atom stereocenters. The van der Waals surface area contributed by atoms with E-state index in [1.54, 1.807) is 12.1 Å². The largest absolute Gasteiger partial charge is 0.416 e. The van der Waals surface area contributed by atoms with E-state index in [1.807, 2.05) is 0 Å². The van der Waals surface area contributed by atoms with E-state index >= 15 is 0 Å². The van der Waals surface area contributed by atoms with Crippen molar-refractivity contribution in [3.8, 4) is 0 Å². The maximum absolute atomic E-state index is 12.4. The first kappa shape index (κ1) is 14.3. The average molecular weight is 272 g/mol. The van der Waals surface area contributed by atoms with Crippen molar-refractivity contribution in [3.05, 3.63) is 35.4 Å². The first-order chi connectivity index (χ1) is 9.05. The third-order valence-corrected chi connectivity index (χ3v) is 3.18. The number of nitrogens with one attached hydrogen (secondary N) is 2. The molecule has 1 aromatic rings. The first-order valence-electron chi connectivity index (χ1n) is 6.66. The van der Waals surface area contributed by atoms with Gasteiger partial charge < -0.3 is 10.6 Å². The van der Waals surface area contributed by atoms with E-state index in [4.69, 9.17) is 0 Å². The third kappa shape index (κ3) is 5.20. The van der Waals surface area contributed by atoms with Crippen molar-refractivity contribution < 1.29 is 13.2 Å². The van der Waals surface area contributed by atoms with Gasteiger partial charge in [-0.05, 0) is 43.5 Å². The van der Waals surface area contributed by atoms with Gasteiger partial charge in [0.1, 0.15) is 0 Å². The Morgan fingerprint density at radius 2 is 1.68 bits per heavy atom. The second-order valence-corrected chi connectivity index (χ2v) is 4.92. The van der Waals surface area contributed by atoms with Crippen molar-refractivity contribution in [2.75, 3.05) is 19.6 Å². The van der Waals surface area contributed by atoms with Gasteiger partial charge in [0.2, 0.25) is 0 Å². The molecule has 1 fully saturated rings. The SMILES string of the molecule is FC(F)(F)c1ccc(CCNCCNC2CC2)cc1. The second kappa shape index (κ2) is 6.39. The molecular formula is C14H19F3N2. The Morgan fingerprint density at radius 1 is 1.00 bits per heavy atom. The lowest BCUT2D eigenvalue weighted by molar-refractivity contribution is -0.137. The maximum atomic E-state index is 12.4. The fraction of sp³-hybridized carbons (Fsp3) is 0.571. The smallest absolute Gasteiger partial charge is 0.315 e. The van der Waals surface area contributed by atoms with Crippen molar-refractivity contribution >= 4 is 0 Å². The zero-order valence-corrected chi connectivity index (χ0v) is 10.8. The zero-order valence-electron chi connectivity index (χ0n) is 10.8. The van der Waals surface area contributed by atoms with Crippen LogP contribution in [0, 0.1) is 0 Å². The predicted molar refractivity (Wildman–Crippen MR) is 69.0 cm³/mol. The summed E-state index contributed by atoms with van der Waals surface area (Å²) in [6.07, 6.45) is -0.927. The van der Waals surface area contributed by atoms with Gasteiger partial charge in [-0.25, -0.2) is 0 Å². The minimum Gasteiger partial charge on any atom is -0.315 e. The van der Waals surface area contributed by atoms with Crippen LogP contribution in [-0.4, -0.2) is 25.7 Å². The lowest BCUT2D eigenvalue weighted by Crippen LogP contribution is -2.29. The Morgan fingerprint density at radius 3 is 2.26 bits per heavy atom. The van der Waals surface area contributed by atoms with E-state index in [0.717, 1.165) is 49.8 Å². The summed E-state index contributed by atoms with van der Waals surface area (Å²) in [6.45, 7) is 2.65. The van der Waals surface area contributed by atoms with Crippen molar-refractivity contribution in [1.82, 2.24) is 10.6 Å². The summed E-state index contributed by atoms with van der Waals surface area (Å²) >= 11 is 0. The first-order valence-corrected chi connectivity index (χ1v) is 6.66. The quantitative estimate of drug-likeness (QED) is 0.746. The molecular weight excluding hydrogens is 253 g/mol. The Hall–Kier alpha value is -1.07. The van der Waals surface area contributed by atoms with Gasteiger partial charge in [0, 0.05) is 19.1 Å². The Bertz CT molecular complexity index is 383. The average Bonchev–Trinajstić information content (AvgIpc) is 3.17. The molecule has 0 saturated heterocycles. The number of hydrogen-bond donors (Lipinski definition) is 2. The summed E-state index contributed by atoms with van der Waals surface area (Å²) in [5.74, 6) is 0. The van der Waals surface area contributed by atoms with Crippen LogP contribution in [0.3, 0.4) is 0 Å². The molecule has 0 heterocycles. The van der Waals surface area contributed by atoms with Crippen molar-refractivity contribution in [1.29, 1.82) is 0 Å². The van der Waals surface area contributed by atoms with Gasteiger partial charge in [-0.2, -0.15) is 13.2 Å². The number of hydrogen-bond acceptors (Lipinski definition) is 2. The van der Waals surface area contributed by atoms with E-state index in [0.29, 0.717) is 0 Å². The lowest BCUT2D eigenvalue weighted by Gasteiger charge is -2.08. The highest BCUT2D eigenvalue weighted by Gasteiger charge is 2.29. The lowest BCUT2D eigenvalue weighted by atomic mass is 10.1. The maximum Gasteiger partial charge on any atom is 0.416 e. The van der Waals surface area contributed by atoms with Crippen molar-refractivity contribution in [2.45, 2.75) is 31.5 Å². The van der Waals surface area contributed by atoms with Crippen LogP contribution in [0.1, 0.15) is 24.0 Å². The van der Waals surface area contributed by atoms with Gasteiger partial charge in [0.15, 0.2) is 0 Å². The van der Waals surface area contributed by atoms with Crippen LogP contribution in [-0.2, 0) is 12.6 Å². The normalized spacial score (nSPS) is 15.7. The highest BCUT2D eigenvalue weighted by Crippen LogP contribution is 2.29. The molecule has 1 aliphatic rings. The van der Waals surface area contributed by atoms with Crippen LogP contribution in [0.15, 0.2) is 24.3 Å². The molecule has 19 heavy (non-hydrogen) atoms. The molecule has 2 rings (SSSR count). The fourth-order valence-electron chi connectivity index (χ4n) is 1.87. The van der Waals surface area contributed by atoms with E-state index in [-0.39, 0.29) is 0 Å². The number of alkyl halides is 3. The second-order valence-electron chi connectivity index (χ2n) is 4.92. The van der Waals surface area contributed by atoms with Gasteiger partial charge in [-0.15, -0.1) is 0 Å². The number of benzene rings is 1. The molecule has 0 spiro atoms. The Kier molecular flexibility index (Phi) is 4.82. The summed E-state index contributed by atoms with van der Waals surface area (Å²) in [7, 11) is 0. The monoisotopic (exact) mass is 272 g/mol. The summed E-state index contributed by atoms with van der Waals surface area (Å²) < 4.78 is 37.1. The molecule has 5 heteroatoms. The highest BCUT2D eigenvalue weighted by atomic mass is 19.4. The molecule has 0 bridgehead atoms. The van der Waals surface area contributed by atoms with E-state index < -0.39 is 11.7 Å². The zero-order chi connectivity index (χ0) is 13.7. The Labute approximate surface area is 111 Å². The van der Waals surface area contributed by atoms with E-state index in [1.165, 1.54) is 12.8 Å². The summed E-state index contributed by atoms with van der Waals surface area (Å²) in [6, 6.07) is 6.10. The van der Waals surface area contributed by atoms with Gasteiger partial charge >= 0.3 is 6.18 Å². The molecule has 0 aliphatic heterocycles. The van der Waals surface area contributed by atoms with Crippen LogP contribution in [0.5, 0.6) is 0 Å². The molecule has 0 amide bonds. The predicted octanol–water partition coefficient (Wildman–Crippen LogP) is 2.59. The van der Waals surface area contributed by atoms with Crippen LogP contribution < -0.4 is 10.6 Å². The van der Waals surface area contributed by atoms with Crippen LogP contribution in [0.4, 0.5) is 13.2 Å². The Balaban J connectivity index is 1.62. The number of rotatable bonds is 7. The minimum atomic E-state index is -4.24. The highest BCUT2D eigenvalue weighted by molar-refractivity contribution is 5.24. The van der Waals surface area contributed by atoms with Crippen LogP contribution >= 0.6 is 0 Å². The van der Waals surface area contributed by atoms with Gasteiger partial charge in [-0.3, -0.25) is 0 Å². The third-order valence-electron chi connectivity index (χ3n) is 3.18. The van der Waals surface area contributed by atoms with Gasteiger partial charge in [0.05, 0.1) is 5.56 Å². The molecule has 0 aromatic heterocycles. The molecule has 2 nitrogen and oxygen atoms in total. The van der Waals surface area contributed by atoms with Crippen LogP contribution in [0.25, 0.3) is 0 Å².